The summed E-state index contributed by atoms with van der Waals surface area (Å²) in [5.41, 5.74) is 5.69. The number of anilines is 1. The minimum absolute atomic E-state index is 0.0217. The average Bonchev–Trinajstić information content (AvgIpc) is 2.97. The van der Waals surface area contributed by atoms with E-state index < -0.39 is 0 Å². The summed E-state index contributed by atoms with van der Waals surface area (Å²) in [7, 11) is 3.41. The molecule has 1 saturated heterocycles. The van der Waals surface area contributed by atoms with Gasteiger partial charge in [-0.25, -0.2) is 0 Å². The van der Waals surface area contributed by atoms with Crippen molar-refractivity contribution in [3.63, 3.8) is 0 Å². The van der Waals surface area contributed by atoms with E-state index in [1.807, 2.05) is 37.2 Å². The highest BCUT2D eigenvalue weighted by Crippen LogP contribution is 2.30. The maximum absolute atomic E-state index is 13.3. The maximum Gasteiger partial charge on any atom is 0.255 e. The molecule has 7 nitrogen and oxygen atoms in total. The number of nitrogens with one attached hydrogen (secondary N) is 3. The lowest BCUT2D eigenvalue weighted by molar-refractivity contribution is 0.0712. The molecule has 7 heteroatoms. The lowest BCUT2D eigenvalue weighted by Gasteiger charge is -2.32. The summed E-state index contributed by atoms with van der Waals surface area (Å²) in [6, 6.07) is 20.7. The van der Waals surface area contributed by atoms with Gasteiger partial charge in [-0.15, -0.1) is 0 Å². The summed E-state index contributed by atoms with van der Waals surface area (Å²) >= 11 is 0. The molecule has 0 radical (unpaired) electrons. The van der Waals surface area contributed by atoms with Crippen molar-refractivity contribution in [2.45, 2.75) is 25.7 Å². The molecule has 2 amide bonds. The lowest BCUT2D eigenvalue weighted by atomic mass is 9.88. The van der Waals surface area contributed by atoms with Crippen LogP contribution in [0.15, 0.2) is 72.9 Å². The Morgan fingerprint density at radius 1 is 0.947 bits per heavy atom. The Morgan fingerprint density at radius 3 is 2.18 bits per heavy atom. The number of nitrogens with zero attached hydrogens (tertiary/aromatic N) is 1. The van der Waals surface area contributed by atoms with E-state index >= 15 is 0 Å². The highest BCUT2D eigenvalue weighted by molar-refractivity contribution is 6.08. The Labute approximate surface area is 224 Å². The second-order valence-electron chi connectivity index (χ2n) is 9.43. The fraction of sp³-hybridized carbons (Fsp3) is 0.258. The molecule has 0 saturated carbocycles. The van der Waals surface area contributed by atoms with Crippen LogP contribution in [0.4, 0.5) is 5.69 Å². The molecule has 1 aliphatic heterocycles. The first kappa shape index (κ1) is 26.7. The molecule has 3 aromatic rings. The van der Waals surface area contributed by atoms with Crippen LogP contribution in [0.3, 0.4) is 0 Å². The highest BCUT2D eigenvalue weighted by atomic mass is 16.5. The van der Waals surface area contributed by atoms with Gasteiger partial charge in [0, 0.05) is 54.9 Å². The van der Waals surface area contributed by atoms with Crippen LogP contribution in [-0.4, -0.2) is 50.2 Å². The van der Waals surface area contributed by atoms with Crippen molar-refractivity contribution >= 4 is 29.3 Å². The van der Waals surface area contributed by atoms with Crippen LogP contribution in [0, 0.1) is 12.3 Å². The van der Waals surface area contributed by atoms with Gasteiger partial charge in [-0.05, 0) is 78.8 Å². The number of rotatable bonds is 8. The van der Waals surface area contributed by atoms with Gasteiger partial charge < -0.3 is 25.7 Å². The van der Waals surface area contributed by atoms with E-state index in [-0.39, 0.29) is 11.8 Å². The van der Waals surface area contributed by atoms with E-state index in [4.69, 9.17) is 10.1 Å². The molecule has 0 atom stereocenters. The third-order valence-corrected chi connectivity index (χ3v) is 7.04. The van der Waals surface area contributed by atoms with Crippen LogP contribution < -0.4 is 15.4 Å². The fourth-order valence-electron chi connectivity index (χ4n) is 4.74. The SMILES string of the molecule is CN/C=C(\C=N)c1ccc(C2CCN(C(=O)c3ccc(C)c(NC(=O)c4ccc(OC)cc4)c3)CC2)cc1. The molecule has 3 N–H and O–H groups in total. The standard InChI is InChI=1S/C31H34N4O3/c1-21-4-5-26(18-29(21)34-30(36)25-10-12-28(38-3)13-11-25)31(37)35-16-14-24(15-17-35)22-6-8-23(9-7-22)27(19-32)20-33-2/h4-13,18-20,24,32-33H,14-17H2,1-3H3,(H,34,36)/b27-20+,32-19?. The molecule has 1 fully saturated rings. The van der Waals surface area contributed by atoms with E-state index in [0.717, 1.165) is 29.5 Å². The first-order valence-corrected chi connectivity index (χ1v) is 12.8. The fourth-order valence-corrected chi connectivity index (χ4v) is 4.74. The van der Waals surface area contributed by atoms with Crippen LogP contribution in [0.5, 0.6) is 5.75 Å². The Morgan fingerprint density at radius 2 is 1.58 bits per heavy atom. The number of methoxy groups -OCH3 is 1. The van der Waals surface area contributed by atoms with E-state index in [1.54, 1.807) is 37.4 Å². The van der Waals surface area contributed by atoms with E-state index in [9.17, 15) is 9.59 Å². The molecule has 1 aliphatic rings. The number of hydrogen-bond donors (Lipinski definition) is 3. The van der Waals surface area contributed by atoms with Gasteiger partial charge >= 0.3 is 0 Å². The quantitative estimate of drug-likeness (QED) is 0.350. The third kappa shape index (κ3) is 6.11. The number of piperidine rings is 1. The third-order valence-electron chi connectivity index (χ3n) is 7.04. The number of amides is 2. The first-order valence-electron chi connectivity index (χ1n) is 12.8. The van der Waals surface area contributed by atoms with E-state index in [1.165, 1.54) is 11.8 Å². The smallest absolute Gasteiger partial charge is 0.255 e. The van der Waals surface area contributed by atoms with Crippen molar-refractivity contribution in [2.24, 2.45) is 0 Å². The molecular weight excluding hydrogens is 476 g/mol. The zero-order chi connectivity index (χ0) is 27.1. The molecule has 38 heavy (non-hydrogen) atoms. The van der Waals surface area contributed by atoms with Crippen molar-refractivity contribution in [1.82, 2.24) is 10.2 Å². The van der Waals surface area contributed by atoms with Gasteiger partial charge in [-0.2, -0.15) is 0 Å². The van der Waals surface area contributed by atoms with Crippen LogP contribution in [0.2, 0.25) is 0 Å². The zero-order valence-electron chi connectivity index (χ0n) is 22.1. The Bertz CT molecular complexity index is 1320. The van der Waals surface area contributed by atoms with Crippen molar-refractivity contribution in [1.29, 1.82) is 5.41 Å². The van der Waals surface area contributed by atoms with Crippen molar-refractivity contribution in [3.05, 3.63) is 101 Å². The number of allylic oxidation sites excluding steroid dienone is 1. The number of aryl methyl sites for hydroxylation is 1. The van der Waals surface area contributed by atoms with Gasteiger partial charge in [-0.3, -0.25) is 9.59 Å². The van der Waals surface area contributed by atoms with Gasteiger partial charge in [0.1, 0.15) is 5.75 Å². The molecule has 0 aliphatic carbocycles. The largest absolute Gasteiger partial charge is 0.497 e. The zero-order valence-corrected chi connectivity index (χ0v) is 22.1. The first-order chi connectivity index (χ1) is 18.4. The number of likely N-dealkylation sites (tertiary alicyclic amines) is 1. The van der Waals surface area contributed by atoms with Crippen LogP contribution >= 0.6 is 0 Å². The number of carbonyl (C=O) groups is 2. The summed E-state index contributed by atoms with van der Waals surface area (Å²) in [6.45, 7) is 3.27. The number of hydrogen-bond acceptors (Lipinski definition) is 5. The summed E-state index contributed by atoms with van der Waals surface area (Å²) < 4.78 is 5.16. The maximum atomic E-state index is 13.3. The summed E-state index contributed by atoms with van der Waals surface area (Å²) in [6.07, 6.45) is 4.94. The summed E-state index contributed by atoms with van der Waals surface area (Å²) in [5.74, 6) is 0.819. The average molecular weight is 511 g/mol. The number of carbonyl (C=O) groups excluding carboxylic acids is 2. The molecule has 0 spiro atoms. The molecule has 196 valence electrons. The minimum Gasteiger partial charge on any atom is -0.497 e. The van der Waals surface area contributed by atoms with Crippen LogP contribution in [0.1, 0.15) is 56.2 Å². The lowest BCUT2D eigenvalue weighted by Crippen LogP contribution is -2.38. The van der Waals surface area contributed by atoms with Gasteiger partial charge in [0.15, 0.2) is 0 Å². The summed E-state index contributed by atoms with van der Waals surface area (Å²) in [5, 5.41) is 13.5. The second kappa shape index (κ2) is 12.2. The topological polar surface area (TPSA) is 94.5 Å². The van der Waals surface area contributed by atoms with E-state index in [2.05, 4.69) is 34.9 Å². The Kier molecular flexibility index (Phi) is 8.58. The molecule has 0 aromatic heterocycles. The van der Waals surface area contributed by atoms with Crippen LogP contribution in [-0.2, 0) is 0 Å². The highest BCUT2D eigenvalue weighted by Gasteiger charge is 2.25. The molecule has 4 rings (SSSR count). The molecule has 0 bridgehead atoms. The molecule has 0 unspecified atom stereocenters. The number of ether oxygens (including phenoxy) is 1. The van der Waals surface area contributed by atoms with Gasteiger partial charge in [0.05, 0.1) is 7.11 Å². The number of benzene rings is 3. The van der Waals surface area contributed by atoms with Gasteiger partial charge in [0.25, 0.3) is 11.8 Å². The Balaban J connectivity index is 1.39. The second-order valence-corrected chi connectivity index (χ2v) is 9.43. The van der Waals surface area contributed by atoms with E-state index in [0.29, 0.717) is 41.6 Å². The van der Waals surface area contributed by atoms with Gasteiger partial charge in [0.2, 0.25) is 0 Å². The van der Waals surface area contributed by atoms with Crippen molar-refractivity contribution in [3.8, 4) is 5.75 Å². The van der Waals surface area contributed by atoms with Crippen LogP contribution in [0.25, 0.3) is 5.57 Å². The molecular formula is C31H34N4O3. The summed E-state index contributed by atoms with van der Waals surface area (Å²) in [4.78, 5) is 28.0. The Hall–Kier alpha value is -4.39. The molecule has 3 aromatic carbocycles. The normalized spacial score (nSPS) is 14.1. The van der Waals surface area contributed by atoms with Crippen molar-refractivity contribution < 1.29 is 14.3 Å². The van der Waals surface area contributed by atoms with Gasteiger partial charge in [-0.1, -0.05) is 30.3 Å². The monoisotopic (exact) mass is 510 g/mol. The van der Waals surface area contributed by atoms with Crippen molar-refractivity contribution in [2.75, 3.05) is 32.6 Å². The minimum atomic E-state index is -0.235. The predicted octanol–water partition coefficient (Wildman–Crippen LogP) is 5.49. The predicted molar refractivity (Wildman–Crippen MR) is 152 cm³/mol. The molecule has 1 heterocycles.